The standard InChI is InChI=1S/C12H13FN4O2/c1-7-8(4-14-11-2-3-15-17(7)11)12(19)16-5-9(13)10(18)6-16/h2-4,9-10,18H,5-6H2,1H3/t9-,10-/m0/s1. The third-order valence-electron chi connectivity index (χ3n) is 3.39. The Kier molecular flexibility index (Phi) is 2.70. The third-order valence-corrected chi connectivity index (χ3v) is 3.39. The van der Waals surface area contributed by atoms with Gasteiger partial charge in [0.2, 0.25) is 0 Å². The van der Waals surface area contributed by atoms with Gasteiger partial charge in [0.15, 0.2) is 5.65 Å². The van der Waals surface area contributed by atoms with Crippen LogP contribution in [0.3, 0.4) is 0 Å². The largest absolute Gasteiger partial charge is 0.388 e. The van der Waals surface area contributed by atoms with E-state index in [1.54, 1.807) is 23.7 Å². The Balaban J connectivity index is 1.96. The number of rotatable bonds is 1. The lowest BCUT2D eigenvalue weighted by molar-refractivity contribution is 0.0762. The number of aliphatic hydroxyl groups is 1. The van der Waals surface area contributed by atoms with Crippen molar-refractivity contribution in [1.29, 1.82) is 0 Å². The Morgan fingerprint density at radius 1 is 1.53 bits per heavy atom. The van der Waals surface area contributed by atoms with Crippen LogP contribution in [0.1, 0.15) is 16.1 Å². The molecule has 19 heavy (non-hydrogen) atoms. The van der Waals surface area contributed by atoms with Crippen molar-refractivity contribution in [2.45, 2.75) is 19.2 Å². The summed E-state index contributed by atoms with van der Waals surface area (Å²) in [6.45, 7) is 1.68. The second kappa shape index (κ2) is 4.27. The van der Waals surface area contributed by atoms with Gasteiger partial charge < -0.3 is 10.0 Å². The minimum atomic E-state index is -1.38. The summed E-state index contributed by atoms with van der Waals surface area (Å²) in [4.78, 5) is 17.7. The van der Waals surface area contributed by atoms with Crippen molar-refractivity contribution in [1.82, 2.24) is 19.5 Å². The predicted molar refractivity (Wildman–Crippen MR) is 64.5 cm³/mol. The molecular weight excluding hydrogens is 251 g/mol. The second-order valence-corrected chi connectivity index (χ2v) is 4.65. The quantitative estimate of drug-likeness (QED) is 0.798. The van der Waals surface area contributed by atoms with Crippen molar-refractivity contribution < 1.29 is 14.3 Å². The molecule has 0 unspecified atom stereocenters. The van der Waals surface area contributed by atoms with Gasteiger partial charge in [-0.3, -0.25) is 4.79 Å². The van der Waals surface area contributed by atoms with Crippen LogP contribution in [0.5, 0.6) is 0 Å². The van der Waals surface area contributed by atoms with Crippen molar-refractivity contribution in [2.75, 3.05) is 13.1 Å². The Morgan fingerprint density at radius 2 is 2.32 bits per heavy atom. The summed E-state index contributed by atoms with van der Waals surface area (Å²) in [6, 6.07) is 1.73. The fourth-order valence-electron chi connectivity index (χ4n) is 2.28. The maximum absolute atomic E-state index is 13.3. The first kappa shape index (κ1) is 12.0. The molecule has 1 N–H and O–H groups in total. The zero-order chi connectivity index (χ0) is 13.6. The average molecular weight is 264 g/mol. The van der Waals surface area contributed by atoms with E-state index < -0.39 is 12.3 Å². The van der Waals surface area contributed by atoms with E-state index in [-0.39, 0.29) is 19.0 Å². The topological polar surface area (TPSA) is 70.7 Å². The minimum Gasteiger partial charge on any atom is -0.388 e. The van der Waals surface area contributed by atoms with Gasteiger partial charge in [-0.25, -0.2) is 13.9 Å². The van der Waals surface area contributed by atoms with Crippen molar-refractivity contribution >= 4 is 11.6 Å². The molecular formula is C12H13FN4O2. The van der Waals surface area contributed by atoms with Gasteiger partial charge in [0.05, 0.1) is 24.0 Å². The van der Waals surface area contributed by atoms with E-state index in [0.29, 0.717) is 16.9 Å². The maximum atomic E-state index is 13.3. The number of aryl methyl sites for hydroxylation is 1. The molecule has 1 aliphatic rings. The van der Waals surface area contributed by atoms with Gasteiger partial charge in [0.25, 0.3) is 5.91 Å². The van der Waals surface area contributed by atoms with E-state index in [2.05, 4.69) is 10.1 Å². The summed E-state index contributed by atoms with van der Waals surface area (Å²) in [5, 5.41) is 13.4. The average Bonchev–Trinajstić information content (AvgIpc) is 2.97. The highest BCUT2D eigenvalue weighted by Crippen LogP contribution is 2.18. The molecule has 1 fully saturated rings. The molecule has 0 radical (unpaired) electrons. The molecule has 2 aromatic heterocycles. The van der Waals surface area contributed by atoms with Gasteiger partial charge in [-0.2, -0.15) is 5.10 Å². The zero-order valence-corrected chi connectivity index (χ0v) is 10.3. The van der Waals surface area contributed by atoms with Crippen molar-refractivity contribution in [2.24, 2.45) is 0 Å². The monoisotopic (exact) mass is 264 g/mol. The normalized spacial score (nSPS) is 23.2. The molecule has 1 aliphatic heterocycles. The van der Waals surface area contributed by atoms with Gasteiger partial charge in [0, 0.05) is 18.8 Å². The van der Waals surface area contributed by atoms with E-state index in [4.69, 9.17) is 0 Å². The first-order chi connectivity index (χ1) is 9.08. The Hall–Kier alpha value is -2.02. The van der Waals surface area contributed by atoms with Crippen LogP contribution in [0.4, 0.5) is 4.39 Å². The van der Waals surface area contributed by atoms with Crippen LogP contribution in [-0.4, -0.2) is 55.9 Å². The number of likely N-dealkylation sites (tertiary alicyclic amines) is 1. The molecule has 100 valence electrons. The molecule has 0 aromatic carbocycles. The molecule has 0 bridgehead atoms. The summed E-state index contributed by atoms with van der Waals surface area (Å²) < 4.78 is 14.8. The van der Waals surface area contributed by atoms with Crippen LogP contribution in [0.15, 0.2) is 18.5 Å². The van der Waals surface area contributed by atoms with Crippen LogP contribution in [0, 0.1) is 6.92 Å². The summed E-state index contributed by atoms with van der Waals surface area (Å²) in [7, 11) is 0. The van der Waals surface area contributed by atoms with Crippen LogP contribution in [0.25, 0.3) is 5.65 Å². The van der Waals surface area contributed by atoms with E-state index >= 15 is 0 Å². The van der Waals surface area contributed by atoms with Gasteiger partial charge in [-0.1, -0.05) is 0 Å². The number of aliphatic hydroxyl groups excluding tert-OH is 1. The van der Waals surface area contributed by atoms with Crippen LogP contribution < -0.4 is 0 Å². The summed E-state index contributed by atoms with van der Waals surface area (Å²) in [5.41, 5.74) is 1.67. The number of alkyl halides is 1. The molecule has 3 heterocycles. The van der Waals surface area contributed by atoms with Crippen LogP contribution >= 0.6 is 0 Å². The Bertz CT molecular complexity index is 632. The molecule has 0 aliphatic carbocycles. The molecule has 2 aromatic rings. The van der Waals surface area contributed by atoms with Gasteiger partial charge in [-0.15, -0.1) is 0 Å². The highest BCUT2D eigenvalue weighted by molar-refractivity contribution is 5.95. The van der Waals surface area contributed by atoms with Gasteiger partial charge in [-0.05, 0) is 6.92 Å². The zero-order valence-electron chi connectivity index (χ0n) is 10.3. The number of aromatic nitrogens is 3. The smallest absolute Gasteiger partial charge is 0.257 e. The molecule has 1 amide bonds. The molecule has 7 heteroatoms. The first-order valence-corrected chi connectivity index (χ1v) is 5.98. The Morgan fingerprint density at radius 3 is 3.00 bits per heavy atom. The number of hydrogen-bond donors (Lipinski definition) is 1. The number of halogens is 1. The van der Waals surface area contributed by atoms with E-state index in [1.165, 1.54) is 11.1 Å². The SMILES string of the molecule is Cc1c(C(=O)N2C[C@H](O)[C@@H](F)C2)cnc2ccnn12. The maximum Gasteiger partial charge on any atom is 0.257 e. The molecule has 3 rings (SSSR count). The number of nitrogens with zero attached hydrogens (tertiary/aromatic N) is 4. The molecule has 0 saturated carbocycles. The summed E-state index contributed by atoms with van der Waals surface area (Å²) in [6.07, 6.45) is 0.573. The lowest BCUT2D eigenvalue weighted by Crippen LogP contribution is -2.30. The van der Waals surface area contributed by atoms with Gasteiger partial charge in [0.1, 0.15) is 12.3 Å². The van der Waals surface area contributed by atoms with Gasteiger partial charge >= 0.3 is 0 Å². The number of carbonyl (C=O) groups is 1. The van der Waals surface area contributed by atoms with Crippen molar-refractivity contribution in [3.05, 3.63) is 29.7 Å². The fourth-order valence-corrected chi connectivity index (χ4v) is 2.28. The van der Waals surface area contributed by atoms with E-state index in [9.17, 15) is 14.3 Å². The predicted octanol–water partition coefficient (Wildman–Crippen LogP) is 0.193. The molecule has 1 saturated heterocycles. The first-order valence-electron chi connectivity index (χ1n) is 5.98. The van der Waals surface area contributed by atoms with Crippen LogP contribution in [0.2, 0.25) is 0 Å². The number of fused-ring (bicyclic) bond motifs is 1. The van der Waals surface area contributed by atoms with Crippen LogP contribution in [-0.2, 0) is 0 Å². The highest BCUT2D eigenvalue weighted by Gasteiger charge is 2.35. The molecule has 0 spiro atoms. The lowest BCUT2D eigenvalue weighted by atomic mass is 10.2. The summed E-state index contributed by atoms with van der Waals surface area (Å²) in [5.74, 6) is -0.332. The summed E-state index contributed by atoms with van der Waals surface area (Å²) >= 11 is 0. The number of amides is 1. The van der Waals surface area contributed by atoms with Crippen molar-refractivity contribution in [3.8, 4) is 0 Å². The molecule has 2 atom stereocenters. The third kappa shape index (κ3) is 1.86. The number of carbonyl (C=O) groups excluding carboxylic acids is 1. The van der Waals surface area contributed by atoms with E-state index in [0.717, 1.165) is 0 Å². The highest BCUT2D eigenvalue weighted by atomic mass is 19.1. The lowest BCUT2D eigenvalue weighted by Gasteiger charge is -2.16. The number of β-amino-alcohol motifs (C(OH)–C–C–N with tert-alkyl or cyclic N) is 1. The Labute approximate surface area is 108 Å². The fraction of sp³-hybridized carbons (Fsp3) is 0.417. The second-order valence-electron chi connectivity index (χ2n) is 4.65. The molecule has 6 nitrogen and oxygen atoms in total. The number of hydrogen-bond acceptors (Lipinski definition) is 4. The van der Waals surface area contributed by atoms with Crippen molar-refractivity contribution in [3.63, 3.8) is 0 Å². The minimum absolute atomic E-state index is 0.0105. The van der Waals surface area contributed by atoms with E-state index in [1.807, 2.05) is 0 Å².